The van der Waals surface area contributed by atoms with Crippen LogP contribution in [0.25, 0.3) is 0 Å². The van der Waals surface area contributed by atoms with Gasteiger partial charge in [-0.15, -0.1) is 0 Å². The van der Waals surface area contributed by atoms with Gasteiger partial charge in [0.15, 0.2) is 0 Å². The summed E-state index contributed by atoms with van der Waals surface area (Å²) >= 11 is 0. The van der Waals surface area contributed by atoms with Gasteiger partial charge in [0.25, 0.3) is 11.3 Å². The monoisotopic (exact) mass is 731 g/mol. The molecule has 0 aliphatic rings. The highest BCUT2D eigenvalue weighted by Crippen LogP contribution is 2.57. The summed E-state index contributed by atoms with van der Waals surface area (Å²) in [5.74, 6) is 0. The molecule has 6 atom stereocenters. The second kappa shape index (κ2) is 19.9. The fourth-order valence-corrected chi connectivity index (χ4v) is 4.94. The molecule has 2 aromatic carbocycles. The zero-order valence-electron chi connectivity index (χ0n) is 27.2. The van der Waals surface area contributed by atoms with Crippen molar-refractivity contribution in [3.63, 3.8) is 0 Å². The van der Waals surface area contributed by atoms with Crippen molar-refractivity contribution in [1.29, 1.82) is 0 Å². The molecule has 0 saturated heterocycles. The lowest BCUT2D eigenvalue weighted by atomic mass is 10.0. The Hall–Kier alpha value is -2.19. The molecule has 0 bridgehead atoms. The van der Waals surface area contributed by atoms with Crippen LogP contribution in [0.5, 0.6) is 0 Å². The Morgan fingerprint density at radius 1 is 0.688 bits per heavy atom. The van der Waals surface area contributed by atoms with E-state index >= 15 is 0 Å². The van der Waals surface area contributed by atoms with E-state index in [0.717, 1.165) is 44.0 Å². The summed E-state index contributed by atoms with van der Waals surface area (Å²) in [7, 11) is -7.56. The topological polar surface area (TPSA) is 186 Å². The van der Waals surface area contributed by atoms with Crippen molar-refractivity contribution in [1.82, 2.24) is 0 Å². The highest BCUT2D eigenvalue weighted by molar-refractivity contribution is 7.63. The van der Waals surface area contributed by atoms with Gasteiger partial charge in [-0.2, -0.15) is 17.6 Å². The van der Waals surface area contributed by atoms with Crippen LogP contribution in [0.2, 0.25) is 0 Å². The standard InChI is InChI=1S/C16H25F2O5P.C15H22F2NO5P/c1-24(2,22)16(17,18)10-14(20)15(21)13(19)8-9-23-11-12-6-4-3-5-7-12;1-24(2,22)15(16,17)8-12(19)14(21)13(20)9-18-23-10-11-6-4-3-5-7-11/h3-7,13-15,19-21H,8-11H2,1-2H3;3-7,9,12-14,19-21H,8,10H2,1-2H3/b;18-9-/t13-,14+,15-;12-,13+,14-/m01/s1. The van der Waals surface area contributed by atoms with E-state index in [1.807, 2.05) is 36.4 Å². The van der Waals surface area contributed by atoms with Crippen molar-refractivity contribution >= 4 is 20.5 Å². The Morgan fingerprint density at radius 2 is 1.10 bits per heavy atom. The summed E-state index contributed by atoms with van der Waals surface area (Å²) < 4.78 is 82.8. The highest BCUT2D eigenvalue weighted by Gasteiger charge is 2.47. The molecular formula is C31H47F4NO10P2. The number of nitrogens with zero attached hydrogens (tertiary/aromatic N) is 1. The third-order valence-electron chi connectivity index (χ3n) is 7.05. The number of aliphatic hydroxyl groups excluding tert-OH is 6. The van der Waals surface area contributed by atoms with Gasteiger partial charge in [-0.05, 0) is 44.2 Å². The number of ether oxygens (including phenoxy) is 1. The quantitative estimate of drug-likeness (QED) is 0.0403. The van der Waals surface area contributed by atoms with Crippen LogP contribution in [0.15, 0.2) is 65.8 Å². The Morgan fingerprint density at radius 3 is 1.54 bits per heavy atom. The average Bonchev–Trinajstić information content (AvgIpc) is 3.00. The van der Waals surface area contributed by atoms with Gasteiger partial charge in [0.05, 0.1) is 31.1 Å². The molecule has 2 aromatic rings. The molecule has 48 heavy (non-hydrogen) atoms. The summed E-state index contributed by atoms with van der Waals surface area (Å²) in [4.78, 5) is 4.90. The number of rotatable bonds is 19. The maximum absolute atomic E-state index is 13.7. The van der Waals surface area contributed by atoms with Crippen LogP contribution in [-0.4, -0.2) is 118 Å². The van der Waals surface area contributed by atoms with Gasteiger partial charge in [0.1, 0.15) is 39.2 Å². The fraction of sp³-hybridized carbons (Fsp3) is 0.581. The maximum Gasteiger partial charge on any atom is 0.300 e. The predicted octanol–water partition coefficient (Wildman–Crippen LogP) is 4.16. The molecule has 0 amide bonds. The number of alkyl halides is 4. The summed E-state index contributed by atoms with van der Waals surface area (Å²) in [6.45, 7) is 4.15. The summed E-state index contributed by atoms with van der Waals surface area (Å²) in [6.07, 6.45) is -12.3. The molecule has 0 heterocycles. The minimum Gasteiger partial charge on any atom is -0.391 e. The second-order valence-corrected chi connectivity index (χ2v) is 18.7. The summed E-state index contributed by atoms with van der Waals surface area (Å²) in [6, 6.07) is 18.3. The van der Waals surface area contributed by atoms with E-state index in [1.54, 1.807) is 24.3 Å². The summed E-state index contributed by atoms with van der Waals surface area (Å²) in [5.41, 5.74) is -5.48. The van der Waals surface area contributed by atoms with E-state index in [0.29, 0.717) is 6.61 Å². The first-order valence-electron chi connectivity index (χ1n) is 14.8. The van der Waals surface area contributed by atoms with Gasteiger partial charge in [0.2, 0.25) is 0 Å². The minimum atomic E-state index is -3.80. The first-order valence-corrected chi connectivity index (χ1v) is 20.0. The van der Waals surface area contributed by atoms with E-state index < -0.39 is 75.1 Å². The molecule has 0 radical (unpaired) electrons. The third-order valence-corrected chi connectivity index (χ3v) is 10.6. The van der Waals surface area contributed by atoms with Gasteiger partial charge in [0, 0.05) is 19.4 Å². The Bertz CT molecular complexity index is 1310. The SMILES string of the molecule is CP(C)(=O)C(F)(F)C[C@@H](O)[C@@H](O)[C@@H](O)/C=N\OCc1ccccc1.CP(C)(=O)C(F)(F)C[C@@H](O)[C@@H](O)[C@@H](O)CCOCc1ccccc1. The number of hydrogen-bond donors (Lipinski definition) is 6. The van der Waals surface area contributed by atoms with Crippen LogP contribution in [0.1, 0.15) is 30.4 Å². The van der Waals surface area contributed by atoms with Gasteiger partial charge < -0.3 is 49.3 Å². The first kappa shape index (κ1) is 43.8. The van der Waals surface area contributed by atoms with Gasteiger partial charge in [-0.3, -0.25) is 0 Å². The van der Waals surface area contributed by atoms with Gasteiger partial charge in [-0.1, -0.05) is 65.8 Å². The Kier molecular flexibility index (Phi) is 18.1. The van der Waals surface area contributed by atoms with E-state index in [-0.39, 0.29) is 19.6 Å². The zero-order chi connectivity index (χ0) is 36.8. The van der Waals surface area contributed by atoms with Crippen LogP contribution in [0.3, 0.4) is 0 Å². The van der Waals surface area contributed by atoms with Crippen molar-refractivity contribution in [2.75, 3.05) is 33.3 Å². The molecule has 0 spiro atoms. The van der Waals surface area contributed by atoms with Crippen molar-refractivity contribution in [2.45, 2.75) is 80.4 Å². The lowest BCUT2D eigenvalue weighted by Gasteiger charge is -2.28. The van der Waals surface area contributed by atoms with Crippen LogP contribution in [-0.2, 0) is 31.9 Å². The molecule has 0 fully saturated rings. The lowest BCUT2D eigenvalue weighted by Crippen LogP contribution is -2.41. The van der Waals surface area contributed by atoms with Crippen LogP contribution < -0.4 is 0 Å². The Labute approximate surface area is 278 Å². The number of hydrogen-bond acceptors (Lipinski definition) is 11. The fourth-order valence-electron chi connectivity index (χ4n) is 3.69. The zero-order valence-corrected chi connectivity index (χ0v) is 29.0. The molecule has 0 aliphatic heterocycles. The number of oxime groups is 1. The molecule has 11 nitrogen and oxygen atoms in total. The van der Waals surface area contributed by atoms with E-state index in [1.165, 1.54) is 0 Å². The normalized spacial score (nSPS) is 16.7. The minimum absolute atomic E-state index is 0.0213. The number of halogens is 4. The highest BCUT2D eigenvalue weighted by atomic mass is 31.2. The lowest BCUT2D eigenvalue weighted by molar-refractivity contribution is -0.0919. The summed E-state index contributed by atoms with van der Waals surface area (Å²) in [5, 5.41) is 61.5. The van der Waals surface area contributed by atoms with Crippen molar-refractivity contribution in [3.8, 4) is 0 Å². The molecule has 0 aliphatic carbocycles. The smallest absolute Gasteiger partial charge is 0.300 e. The molecule has 2 rings (SSSR count). The molecule has 0 unspecified atom stereocenters. The number of benzene rings is 2. The van der Waals surface area contributed by atoms with Crippen LogP contribution >= 0.6 is 14.3 Å². The van der Waals surface area contributed by atoms with E-state index in [9.17, 15) is 57.3 Å². The van der Waals surface area contributed by atoms with Crippen molar-refractivity contribution in [3.05, 3.63) is 71.8 Å². The average molecular weight is 732 g/mol. The number of aliphatic hydroxyl groups is 6. The van der Waals surface area contributed by atoms with E-state index in [4.69, 9.17) is 9.57 Å². The molecule has 0 aromatic heterocycles. The first-order chi connectivity index (χ1) is 22.1. The Balaban J connectivity index is 0.000000480. The predicted molar refractivity (Wildman–Crippen MR) is 175 cm³/mol. The van der Waals surface area contributed by atoms with Crippen molar-refractivity contribution < 1.29 is 66.9 Å². The van der Waals surface area contributed by atoms with Crippen molar-refractivity contribution in [2.24, 2.45) is 5.16 Å². The van der Waals surface area contributed by atoms with Crippen LogP contribution in [0, 0.1) is 0 Å². The van der Waals surface area contributed by atoms with E-state index in [2.05, 4.69) is 5.16 Å². The van der Waals surface area contributed by atoms with Gasteiger partial charge >= 0.3 is 0 Å². The second-order valence-electron chi connectivity index (χ2n) is 12.0. The molecule has 6 N–H and O–H groups in total. The largest absolute Gasteiger partial charge is 0.391 e. The molecule has 274 valence electrons. The van der Waals surface area contributed by atoms with Crippen LogP contribution in [0.4, 0.5) is 17.6 Å². The molecule has 17 heteroatoms. The molecular weight excluding hydrogens is 684 g/mol. The van der Waals surface area contributed by atoms with Gasteiger partial charge in [-0.25, -0.2) is 0 Å². The third kappa shape index (κ3) is 15.6. The maximum atomic E-state index is 13.7. The molecule has 0 saturated carbocycles.